The van der Waals surface area contributed by atoms with Gasteiger partial charge in [-0.3, -0.25) is 9.59 Å². The van der Waals surface area contributed by atoms with Crippen LogP contribution in [-0.4, -0.2) is 39.6 Å². The van der Waals surface area contributed by atoms with Gasteiger partial charge in [-0.1, -0.05) is 51.4 Å². The lowest BCUT2D eigenvalue weighted by Gasteiger charge is -2.19. The van der Waals surface area contributed by atoms with Crippen molar-refractivity contribution in [1.82, 2.24) is 14.7 Å². The van der Waals surface area contributed by atoms with Crippen molar-refractivity contribution in [3.05, 3.63) is 41.0 Å². The number of amides is 2. The predicted octanol–water partition coefficient (Wildman–Crippen LogP) is 4.02. The third kappa shape index (κ3) is 5.32. The molecular weight excluding hydrogens is 364 g/mol. The maximum Gasteiger partial charge on any atom is 0.245 e. The molecule has 1 heterocycles. The molecule has 0 atom stereocenters. The van der Waals surface area contributed by atoms with Gasteiger partial charge in [-0.05, 0) is 18.6 Å². The molecular formula is C20H27ClN4O2. The Morgan fingerprint density at radius 2 is 1.93 bits per heavy atom. The fourth-order valence-electron chi connectivity index (χ4n) is 2.62. The van der Waals surface area contributed by atoms with Gasteiger partial charge in [-0.15, -0.1) is 0 Å². The van der Waals surface area contributed by atoms with Gasteiger partial charge in [0.25, 0.3) is 0 Å². The highest BCUT2D eigenvalue weighted by molar-refractivity contribution is 6.32. The van der Waals surface area contributed by atoms with E-state index in [-0.39, 0.29) is 23.8 Å². The van der Waals surface area contributed by atoms with Crippen molar-refractivity contribution in [2.24, 2.45) is 0 Å². The summed E-state index contributed by atoms with van der Waals surface area (Å²) in [5, 5.41) is 8.07. The summed E-state index contributed by atoms with van der Waals surface area (Å²) in [6, 6.07) is 9.17. The van der Waals surface area contributed by atoms with Crippen molar-refractivity contribution < 1.29 is 9.59 Å². The number of carbonyl (C=O) groups is 2. The van der Waals surface area contributed by atoms with E-state index in [0.29, 0.717) is 23.1 Å². The first kappa shape index (κ1) is 21.0. The maximum absolute atomic E-state index is 12.6. The number of aromatic nitrogens is 2. The topological polar surface area (TPSA) is 67.2 Å². The molecule has 1 aromatic heterocycles. The Balaban J connectivity index is 2.35. The van der Waals surface area contributed by atoms with Crippen molar-refractivity contribution in [3.63, 3.8) is 0 Å². The molecule has 1 aromatic carbocycles. The molecule has 2 amide bonds. The summed E-state index contributed by atoms with van der Waals surface area (Å²) in [6.45, 7) is 10.1. The zero-order valence-electron chi connectivity index (χ0n) is 16.5. The number of carbonyl (C=O) groups excluding carboxylic acids is 2. The Kier molecular flexibility index (Phi) is 6.65. The monoisotopic (exact) mass is 390 g/mol. The minimum atomic E-state index is -0.271. The smallest absolute Gasteiger partial charge is 0.245 e. The van der Waals surface area contributed by atoms with Crippen LogP contribution in [0.1, 0.15) is 46.7 Å². The lowest BCUT2D eigenvalue weighted by molar-refractivity contribution is -0.132. The number of para-hydroxylation sites is 1. The second-order valence-corrected chi connectivity index (χ2v) is 7.92. The largest absolute Gasteiger partial charge is 0.334 e. The van der Waals surface area contributed by atoms with Crippen molar-refractivity contribution in [1.29, 1.82) is 0 Å². The predicted molar refractivity (Wildman–Crippen MR) is 108 cm³/mol. The van der Waals surface area contributed by atoms with Gasteiger partial charge in [0.1, 0.15) is 5.82 Å². The molecule has 0 bridgehead atoms. The molecule has 2 rings (SSSR count). The van der Waals surface area contributed by atoms with E-state index in [0.717, 1.165) is 12.1 Å². The zero-order chi connectivity index (χ0) is 20.2. The van der Waals surface area contributed by atoms with E-state index < -0.39 is 0 Å². The minimum absolute atomic E-state index is 0.00171. The Morgan fingerprint density at radius 3 is 2.48 bits per heavy atom. The van der Waals surface area contributed by atoms with E-state index in [1.807, 2.05) is 31.2 Å². The van der Waals surface area contributed by atoms with E-state index in [1.54, 1.807) is 10.7 Å². The highest BCUT2D eigenvalue weighted by Gasteiger charge is 2.23. The van der Waals surface area contributed by atoms with Crippen molar-refractivity contribution in [2.45, 2.75) is 46.5 Å². The van der Waals surface area contributed by atoms with Crippen molar-refractivity contribution >= 4 is 29.2 Å². The summed E-state index contributed by atoms with van der Waals surface area (Å²) in [4.78, 5) is 25.8. The molecule has 0 unspecified atom stereocenters. The van der Waals surface area contributed by atoms with Crippen LogP contribution >= 0.6 is 11.6 Å². The van der Waals surface area contributed by atoms with E-state index in [4.69, 9.17) is 11.6 Å². The first-order chi connectivity index (χ1) is 12.6. The fraction of sp³-hybridized carbons (Fsp3) is 0.450. The lowest BCUT2D eigenvalue weighted by atomic mass is 9.92. The highest BCUT2D eigenvalue weighted by Crippen LogP contribution is 2.29. The number of nitrogens with zero attached hydrogens (tertiary/aromatic N) is 3. The SMILES string of the molecule is CCCN(CC(=O)Nc1cc(C(C)(C)C)nn1-c1ccccc1Cl)C(C)=O. The Morgan fingerprint density at radius 1 is 1.26 bits per heavy atom. The number of rotatable bonds is 6. The summed E-state index contributed by atoms with van der Waals surface area (Å²) in [5.74, 6) is 0.132. The summed E-state index contributed by atoms with van der Waals surface area (Å²) < 4.78 is 1.64. The van der Waals surface area contributed by atoms with E-state index in [9.17, 15) is 9.59 Å². The molecule has 0 saturated carbocycles. The molecule has 0 aliphatic carbocycles. The van der Waals surface area contributed by atoms with Gasteiger partial charge in [0.15, 0.2) is 0 Å². The van der Waals surface area contributed by atoms with Crippen LogP contribution in [0.4, 0.5) is 5.82 Å². The molecule has 146 valence electrons. The molecule has 7 heteroatoms. The molecule has 1 N–H and O–H groups in total. The number of nitrogens with one attached hydrogen (secondary N) is 1. The van der Waals surface area contributed by atoms with Crippen LogP contribution in [0.3, 0.4) is 0 Å². The average Bonchev–Trinajstić information content (AvgIpc) is 2.98. The van der Waals surface area contributed by atoms with Gasteiger partial charge in [0, 0.05) is 24.9 Å². The zero-order valence-corrected chi connectivity index (χ0v) is 17.3. The number of hydrogen-bond acceptors (Lipinski definition) is 3. The quantitative estimate of drug-likeness (QED) is 0.809. The molecule has 2 aromatic rings. The van der Waals surface area contributed by atoms with Gasteiger partial charge < -0.3 is 10.2 Å². The summed E-state index contributed by atoms with van der Waals surface area (Å²) in [7, 11) is 0. The Hall–Kier alpha value is -2.34. The van der Waals surface area contributed by atoms with Crippen LogP contribution in [0.5, 0.6) is 0 Å². The van der Waals surface area contributed by atoms with Crippen LogP contribution in [0, 0.1) is 0 Å². The number of hydrogen-bond donors (Lipinski definition) is 1. The summed E-state index contributed by atoms with van der Waals surface area (Å²) in [6.07, 6.45) is 0.790. The molecule has 0 aliphatic rings. The molecule has 0 radical (unpaired) electrons. The number of benzene rings is 1. The van der Waals surface area contributed by atoms with Gasteiger partial charge in [-0.2, -0.15) is 5.10 Å². The standard InChI is InChI=1S/C20H27ClN4O2/c1-6-11-24(14(2)26)13-19(27)22-18-12-17(20(3,4)5)23-25(18)16-10-8-7-9-15(16)21/h7-10,12H,6,11,13H2,1-5H3,(H,22,27). The van der Waals surface area contributed by atoms with Crippen LogP contribution in [0.25, 0.3) is 5.69 Å². The fourth-order valence-corrected chi connectivity index (χ4v) is 2.83. The van der Waals surface area contributed by atoms with Crippen LogP contribution < -0.4 is 5.32 Å². The van der Waals surface area contributed by atoms with Crippen LogP contribution in [0.2, 0.25) is 5.02 Å². The first-order valence-corrected chi connectivity index (χ1v) is 9.42. The van der Waals surface area contributed by atoms with Gasteiger partial charge in [0.05, 0.1) is 22.9 Å². The second kappa shape index (κ2) is 8.57. The second-order valence-electron chi connectivity index (χ2n) is 7.52. The molecule has 6 nitrogen and oxygen atoms in total. The lowest BCUT2D eigenvalue weighted by Crippen LogP contribution is -2.37. The van der Waals surface area contributed by atoms with Crippen LogP contribution in [-0.2, 0) is 15.0 Å². The molecule has 0 aliphatic heterocycles. The summed E-state index contributed by atoms with van der Waals surface area (Å²) >= 11 is 6.33. The van der Waals surface area contributed by atoms with Gasteiger partial charge in [-0.25, -0.2) is 4.68 Å². The van der Waals surface area contributed by atoms with Crippen molar-refractivity contribution in [2.75, 3.05) is 18.4 Å². The first-order valence-electron chi connectivity index (χ1n) is 9.04. The van der Waals surface area contributed by atoms with E-state index in [1.165, 1.54) is 11.8 Å². The van der Waals surface area contributed by atoms with Crippen LogP contribution in [0.15, 0.2) is 30.3 Å². The third-order valence-electron chi connectivity index (χ3n) is 4.10. The Bertz CT molecular complexity index is 824. The normalized spacial score (nSPS) is 11.3. The van der Waals surface area contributed by atoms with Crippen molar-refractivity contribution in [3.8, 4) is 5.69 Å². The average molecular weight is 391 g/mol. The molecule has 0 saturated heterocycles. The van der Waals surface area contributed by atoms with E-state index >= 15 is 0 Å². The number of halogens is 1. The summed E-state index contributed by atoms with van der Waals surface area (Å²) in [5.41, 5.74) is 1.32. The highest BCUT2D eigenvalue weighted by atomic mass is 35.5. The molecule has 0 fully saturated rings. The third-order valence-corrected chi connectivity index (χ3v) is 4.42. The Labute approximate surface area is 165 Å². The number of anilines is 1. The minimum Gasteiger partial charge on any atom is -0.334 e. The molecule has 27 heavy (non-hydrogen) atoms. The van der Waals surface area contributed by atoms with E-state index in [2.05, 4.69) is 31.2 Å². The maximum atomic E-state index is 12.6. The van der Waals surface area contributed by atoms with Gasteiger partial charge >= 0.3 is 0 Å². The molecule has 0 spiro atoms. The van der Waals surface area contributed by atoms with Gasteiger partial charge in [0.2, 0.25) is 11.8 Å².